The number of hydrogen-bond donors (Lipinski definition) is 0. The zero-order valence-electron chi connectivity index (χ0n) is 15.6. The van der Waals surface area contributed by atoms with Crippen molar-refractivity contribution in [1.82, 2.24) is 19.9 Å². The molecule has 0 bridgehead atoms. The van der Waals surface area contributed by atoms with Crippen LogP contribution in [0.15, 0.2) is 47.9 Å². The van der Waals surface area contributed by atoms with Gasteiger partial charge in [-0.05, 0) is 29.8 Å². The van der Waals surface area contributed by atoms with E-state index in [2.05, 4.69) is 19.9 Å². The van der Waals surface area contributed by atoms with E-state index >= 15 is 0 Å². The van der Waals surface area contributed by atoms with Crippen LogP contribution in [0.25, 0.3) is 11.3 Å². The van der Waals surface area contributed by atoms with Gasteiger partial charge in [-0.3, -0.25) is 9.88 Å². The lowest BCUT2D eigenvalue weighted by molar-refractivity contribution is 0.242. The van der Waals surface area contributed by atoms with E-state index in [-0.39, 0.29) is 5.16 Å². The van der Waals surface area contributed by atoms with Crippen LogP contribution < -0.4 is 0 Å². The number of pyridine rings is 1. The lowest BCUT2D eigenvalue weighted by atomic mass is 10.1. The van der Waals surface area contributed by atoms with Gasteiger partial charge >= 0.3 is 0 Å². The molecule has 4 rings (SSSR count). The van der Waals surface area contributed by atoms with E-state index in [0.717, 1.165) is 41.8 Å². The Kier molecular flexibility index (Phi) is 5.10. The second-order valence-corrected chi connectivity index (χ2v) is 8.95. The lowest BCUT2D eigenvalue weighted by Crippen LogP contribution is -2.31. The van der Waals surface area contributed by atoms with Gasteiger partial charge in [-0.1, -0.05) is 6.07 Å². The molecule has 1 aliphatic heterocycles. The molecule has 6 nitrogen and oxygen atoms in total. The Labute approximate surface area is 167 Å². The quantitative estimate of drug-likeness (QED) is 0.609. The fourth-order valence-electron chi connectivity index (χ4n) is 3.27. The zero-order chi connectivity index (χ0) is 20.6. The molecule has 0 fully saturated rings. The molecule has 0 saturated carbocycles. The Balaban J connectivity index is 1.46. The van der Waals surface area contributed by atoms with Crippen molar-refractivity contribution in [2.75, 3.05) is 12.8 Å². The van der Waals surface area contributed by atoms with Crippen molar-refractivity contribution < 1.29 is 17.2 Å². The average molecular weight is 416 g/mol. The first-order valence-corrected chi connectivity index (χ1v) is 10.9. The van der Waals surface area contributed by atoms with Crippen molar-refractivity contribution in [3.63, 3.8) is 0 Å². The summed E-state index contributed by atoms with van der Waals surface area (Å²) >= 11 is 0. The van der Waals surface area contributed by atoms with Crippen LogP contribution in [0.2, 0.25) is 0 Å². The number of halogens is 2. The van der Waals surface area contributed by atoms with Gasteiger partial charge in [0.05, 0.1) is 11.4 Å². The van der Waals surface area contributed by atoms with Gasteiger partial charge in [-0.25, -0.2) is 27.2 Å². The van der Waals surface area contributed by atoms with Crippen molar-refractivity contribution in [3.8, 4) is 11.3 Å². The fraction of sp³-hybridized carbons (Fsp3) is 0.250. The molecular weight excluding hydrogens is 398 g/mol. The van der Waals surface area contributed by atoms with Crippen molar-refractivity contribution in [1.29, 1.82) is 0 Å². The molecule has 0 atom stereocenters. The number of sulfone groups is 1. The second-order valence-electron chi connectivity index (χ2n) is 7.04. The molecule has 0 aliphatic carbocycles. The Morgan fingerprint density at radius 1 is 1.07 bits per heavy atom. The smallest absolute Gasteiger partial charge is 0.246 e. The van der Waals surface area contributed by atoms with E-state index in [0.29, 0.717) is 30.8 Å². The van der Waals surface area contributed by atoms with Gasteiger partial charge < -0.3 is 0 Å². The molecule has 150 valence electrons. The first kappa shape index (κ1) is 19.5. The third-order valence-electron chi connectivity index (χ3n) is 4.77. The predicted octanol–water partition coefficient (Wildman–Crippen LogP) is 2.78. The molecule has 0 radical (unpaired) electrons. The summed E-state index contributed by atoms with van der Waals surface area (Å²) in [6.45, 7) is 2.00. The minimum absolute atomic E-state index is 0.137. The van der Waals surface area contributed by atoms with Crippen LogP contribution in [0.5, 0.6) is 0 Å². The molecular formula is C20H18F2N4O2S. The molecule has 1 aromatic carbocycles. The van der Waals surface area contributed by atoms with Crippen LogP contribution in [-0.4, -0.2) is 41.1 Å². The number of fused-ring (bicyclic) bond motifs is 1. The molecule has 2 aromatic heterocycles. The molecule has 3 heterocycles. The highest BCUT2D eigenvalue weighted by Gasteiger charge is 2.21. The Bertz CT molecular complexity index is 1170. The number of hydrogen-bond acceptors (Lipinski definition) is 6. The molecule has 29 heavy (non-hydrogen) atoms. The third kappa shape index (κ3) is 4.30. The monoisotopic (exact) mass is 416 g/mol. The normalized spacial score (nSPS) is 14.6. The molecule has 0 N–H and O–H groups in total. The summed E-state index contributed by atoms with van der Waals surface area (Å²) in [5, 5.41) is -0.137. The van der Waals surface area contributed by atoms with Gasteiger partial charge in [0.1, 0.15) is 0 Å². The standard InChI is InChI=1S/C20H18F2N4O2S/c1-29(27,28)20-24-10-15-12-26(7-6-19(15)25-20)11-13-2-5-18(23-9-13)14-3-4-16(21)17(22)8-14/h2-5,8-10H,6-7,11-12H2,1H3. The molecule has 3 aromatic rings. The first-order valence-electron chi connectivity index (χ1n) is 8.97. The Hall–Kier alpha value is -2.78. The molecule has 9 heteroatoms. The second kappa shape index (κ2) is 7.57. The minimum atomic E-state index is -3.42. The Morgan fingerprint density at radius 2 is 1.90 bits per heavy atom. The van der Waals surface area contributed by atoms with Gasteiger partial charge in [-0.2, -0.15) is 0 Å². The van der Waals surface area contributed by atoms with E-state index in [1.54, 1.807) is 18.5 Å². The van der Waals surface area contributed by atoms with E-state index in [9.17, 15) is 17.2 Å². The van der Waals surface area contributed by atoms with Crippen molar-refractivity contribution in [2.45, 2.75) is 24.7 Å². The molecule has 1 aliphatic rings. The van der Waals surface area contributed by atoms with E-state index < -0.39 is 21.5 Å². The van der Waals surface area contributed by atoms with Crippen molar-refractivity contribution in [3.05, 3.63) is 71.2 Å². The highest BCUT2D eigenvalue weighted by molar-refractivity contribution is 7.90. The van der Waals surface area contributed by atoms with Crippen LogP contribution >= 0.6 is 0 Å². The van der Waals surface area contributed by atoms with Gasteiger partial charge in [0.15, 0.2) is 11.6 Å². The zero-order valence-corrected chi connectivity index (χ0v) is 16.5. The van der Waals surface area contributed by atoms with Crippen molar-refractivity contribution >= 4 is 9.84 Å². The van der Waals surface area contributed by atoms with E-state index in [1.807, 2.05) is 6.07 Å². The van der Waals surface area contributed by atoms with E-state index in [4.69, 9.17) is 0 Å². The summed E-state index contributed by atoms with van der Waals surface area (Å²) in [5.74, 6) is -1.79. The number of benzene rings is 1. The SMILES string of the molecule is CS(=O)(=O)c1ncc2c(n1)CCN(Cc1ccc(-c3ccc(F)c(F)c3)nc1)C2. The van der Waals surface area contributed by atoms with Gasteiger partial charge in [-0.15, -0.1) is 0 Å². The molecule has 0 spiro atoms. The van der Waals surface area contributed by atoms with E-state index in [1.165, 1.54) is 6.07 Å². The summed E-state index contributed by atoms with van der Waals surface area (Å²) in [6, 6.07) is 7.39. The highest BCUT2D eigenvalue weighted by Crippen LogP contribution is 2.22. The van der Waals surface area contributed by atoms with Crippen LogP contribution in [-0.2, 0) is 29.3 Å². The molecule has 0 saturated heterocycles. The number of rotatable bonds is 4. The Morgan fingerprint density at radius 3 is 2.59 bits per heavy atom. The number of aromatic nitrogens is 3. The first-order chi connectivity index (χ1) is 13.8. The highest BCUT2D eigenvalue weighted by atomic mass is 32.2. The van der Waals surface area contributed by atoms with Gasteiger partial charge in [0.2, 0.25) is 15.0 Å². The summed E-state index contributed by atoms with van der Waals surface area (Å²) in [5.41, 5.74) is 3.74. The van der Waals surface area contributed by atoms with Crippen LogP contribution in [0.1, 0.15) is 16.8 Å². The maximum Gasteiger partial charge on any atom is 0.246 e. The summed E-state index contributed by atoms with van der Waals surface area (Å²) in [6.07, 6.45) is 5.03. The molecule has 0 amide bonds. The molecule has 0 unspecified atom stereocenters. The van der Waals surface area contributed by atoms with Crippen LogP contribution in [0.4, 0.5) is 8.78 Å². The number of nitrogens with zero attached hydrogens (tertiary/aromatic N) is 4. The maximum atomic E-state index is 13.4. The predicted molar refractivity (Wildman–Crippen MR) is 103 cm³/mol. The van der Waals surface area contributed by atoms with Gasteiger partial charge in [0, 0.05) is 55.8 Å². The van der Waals surface area contributed by atoms with Crippen LogP contribution in [0.3, 0.4) is 0 Å². The average Bonchev–Trinajstić information content (AvgIpc) is 2.69. The lowest BCUT2D eigenvalue weighted by Gasteiger charge is -2.27. The summed E-state index contributed by atoms with van der Waals surface area (Å²) in [7, 11) is -3.42. The largest absolute Gasteiger partial charge is 0.294 e. The van der Waals surface area contributed by atoms with Crippen LogP contribution in [0, 0.1) is 11.6 Å². The maximum absolute atomic E-state index is 13.4. The summed E-state index contributed by atoms with van der Waals surface area (Å²) < 4.78 is 49.7. The topological polar surface area (TPSA) is 76.1 Å². The third-order valence-corrected chi connectivity index (χ3v) is 5.63. The fourth-order valence-corrected chi connectivity index (χ4v) is 3.79. The van der Waals surface area contributed by atoms with Gasteiger partial charge in [0.25, 0.3) is 0 Å². The van der Waals surface area contributed by atoms with Crippen molar-refractivity contribution in [2.24, 2.45) is 0 Å². The summed E-state index contributed by atoms with van der Waals surface area (Å²) in [4.78, 5) is 14.7. The minimum Gasteiger partial charge on any atom is -0.294 e.